The van der Waals surface area contributed by atoms with Gasteiger partial charge >= 0.3 is 0 Å². The fourth-order valence-corrected chi connectivity index (χ4v) is 1.54. The first-order chi connectivity index (χ1) is 8.24. The van der Waals surface area contributed by atoms with Gasteiger partial charge in [0.15, 0.2) is 5.82 Å². The van der Waals surface area contributed by atoms with Crippen molar-refractivity contribution in [1.82, 2.24) is 19.7 Å². The van der Waals surface area contributed by atoms with Crippen molar-refractivity contribution >= 4 is 11.9 Å². The summed E-state index contributed by atoms with van der Waals surface area (Å²) >= 11 is 0. The number of hydrogen-bond acceptors (Lipinski definition) is 4. The molecule has 5 heteroatoms. The molecule has 2 aromatic heterocycles. The summed E-state index contributed by atoms with van der Waals surface area (Å²) < 4.78 is 1.74. The molecule has 0 saturated heterocycles. The van der Waals surface area contributed by atoms with E-state index in [1.807, 2.05) is 20.2 Å². The average Bonchev–Trinajstić information content (AvgIpc) is 2.76. The Morgan fingerprint density at radius 2 is 2.29 bits per heavy atom. The van der Waals surface area contributed by atoms with Crippen molar-refractivity contribution in [2.24, 2.45) is 7.05 Å². The third-order valence-corrected chi connectivity index (χ3v) is 2.34. The predicted octanol–water partition coefficient (Wildman–Crippen LogP) is 1.95. The molecule has 0 unspecified atom stereocenters. The maximum absolute atomic E-state index is 4.52. The predicted molar refractivity (Wildman–Crippen MR) is 68.5 cm³/mol. The van der Waals surface area contributed by atoms with E-state index in [1.54, 1.807) is 23.2 Å². The molecule has 0 amide bonds. The third kappa shape index (κ3) is 2.33. The summed E-state index contributed by atoms with van der Waals surface area (Å²) in [5.74, 6) is 0.754. The number of aryl methyl sites for hydroxylation is 1. The van der Waals surface area contributed by atoms with Crippen molar-refractivity contribution in [3.8, 4) is 11.3 Å². The van der Waals surface area contributed by atoms with Gasteiger partial charge in [-0.1, -0.05) is 6.58 Å². The molecule has 0 bridgehead atoms. The largest absolute Gasteiger partial charge is 0.369 e. The van der Waals surface area contributed by atoms with E-state index in [1.165, 1.54) is 0 Å². The van der Waals surface area contributed by atoms with Gasteiger partial charge in [0.2, 0.25) is 0 Å². The van der Waals surface area contributed by atoms with Crippen molar-refractivity contribution in [3.05, 3.63) is 30.9 Å². The molecule has 0 saturated carbocycles. The molecule has 0 spiro atoms. The Hall–Kier alpha value is -2.17. The van der Waals surface area contributed by atoms with Crippen LogP contribution in [0.5, 0.6) is 0 Å². The highest BCUT2D eigenvalue weighted by Crippen LogP contribution is 2.19. The Balaban J connectivity index is 2.42. The van der Waals surface area contributed by atoms with Gasteiger partial charge in [-0.15, -0.1) is 0 Å². The first-order valence-electron chi connectivity index (χ1n) is 5.47. The summed E-state index contributed by atoms with van der Waals surface area (Å²) in [6.45, 7) is 6.54. The second-order valence-electron chi connectivity index (χ2n) is 3.63. The van der Waals surface area contributed by atoms with Gasteiger partial charge in [-0.2, -0.15) is 5.10 Å². The monoisotopic (exact) mass is 229 g/mol. The van der Waals surface area contributed by atoms with E-state index in [0.29, 0.717) is 0 Å². The zero-order valence-electron chi connectivity index (χ0n) is 10.0. The van der Waals surface area contributed by atoms with Gasteiger partial charge in [-0.05, 0) is 13.0 Å². The molecule has 0 aliphatic carbocycles. The SMILES string of the molecule is C=Cc1ncc(-c2cnn(C)c2)nc1NCC. The minimum atomic E-state index is 0.754. The van der Waals surface area contributed by atoms with Gasteiger partial charge in [0.1, 0.15) is 5.69 Å². The Labute approximate surface area is 100 Å². The molecule has 1 N–H and O–H groups in total. The molecule has 2 heterocycles. The number of nitrogens with zero attached hydrogens (tertiary/aromatic N) is 4. The van der Waals surface area contributed by atoms with Crippen molar-refractivity contribution in [1.29, 1.82) is 0 Å². The molecular weight excluding hydrogens is 214 g/mol. The Morgan fingerprint density at radius 1 is 1.47 bits per heavy atom. The fourth-order valence-electron chi connectivity index (χ4n) is 1.54. The quantitative estimate of drug-likeness (QED) is 0.870. The zero-order chi connectivity index (χ0) is 12.3. The summed E-state index contributed by atoms with van der Waals surface area (Å²) in [5.41, 5.74) is 2.52. The number of anilines is 1. The molecule has 0 radical (unpaired) electrons. The highest BCUT2D eigenvalue weighted by Gasteiger charge is 2.07. The van der Waals surface area contributed by atoms with E-state index >= 15 is 0 Å². The minimum absolute atomic E-state index is 0.754. The van der Waals surface area contributed by atoms with Crippen molar-refractivity contribution < 1.29 is 0 Å². The van der Waals surface area contributed by atoms with Crippen LogP contribution in [0.4, 0.5) is 5.82 Å². The molecule has 0 fully saturated rings. The summed E-state index contributed by atoms with van der Waals surface area (Å²) in [4.78, 5) is 8.84. The summed E-state index contributed by atoms with van der Waals surface area (Å²) in [5, 5.41) is 7.29. The number of hydrogen-bond donors (Lipinski definition) is 1. The summed E-state index contributed by atoms with van der Waals surface area (Å²) in [6, 6.07) is 0. The van der Waals surface area contributed by atoms with Gasteiger partial charge < -0.3 is 5.32 Å². The van der Waals surface area contributed by atoms with Crippen molar-refractivity contribution in [2.75, 3.05) is 11.9 Å². The van der Waals surface area contributed by atoms with E-state index in [9.17, 15) is 0 Å². The topological polar surface area (TPSA) is 55.6 Å². The smallest absolute Gasteiger partial charge is 0.152 e. The van der Waals surface area contributed by atoms with Crippen LogP contribution in [0.15, 0.2) is 25.2 Å². The lowest BCUT2D eigenvalue weighted by Gasteiger charge is -2.07. The van der Waals surface area contributed by atoms with Gasteiger partial charge in [-0.25, -0.2) is 4.98 Å². The van der Waals surface area contributed by atoms with Gasteiger partial charge in [-0.3, -0.25) is 9.67 Å². The van der Waals surface area contributed by atoms with Gasteiger partial charge in [0.25, 0.3) is 0 Å². The highest BCUT2D eigenvalue weighted by molar-refractivity contribution is 5.64. The fraction of sp³-hybridized carbons (Fsp3) is 0.250. The molecule has 17 heavy (non-hydrogen) atoms. The second kappa shape index (κ2) is 4.78. The molecule has 0 aliphatic heterocycles. The Kier molecular flexibility index (Phi) is 3.18. The Morgan fingerprint density at radius 3 is 2.88 bits per heavy atom. The number of rotatable bonds is 4. The lowest BCUT2D eigenvalue weighted by molar-refractivity contribution is 0.768. The van der Waals surface area contributed by atoms with E-state index in [2.05, 4.69) is 27.0 Å². The first-order valence-corrected chi connectivity index (χ1v) is 5.47. The van der Waals surface area contributed by atoms with Crippen LogP contribution in [0.25, 0.3) is 17.3 Å². The van der Waals surface area contributed by atoms with E-state index in [4.69, 9.17) is 0 Å². The number of aromatic nitrogens is 4. The van der Waals surface area contributed by atoms with Crippen LogP contribution in [0, 0.1) is 0 Å². The van der Waals surface area contributed by atoms with Gasteiger partial charge in [0, 0.05) is 25.4 Å². The van der Waals surface area contributed by atoms with Crippen LogP contribution in [0.1, 0.15) is 12.6 Å². The lowest BCUT2D eigenvalue weighted by atomic mass is 10.2. The first kappa shape index (κ1) is 11.3. The van der Waals surface area contributed by atoms with Crippen LogP contribution in [0.2, 0.25) is 0 Å². The highest BCUT2D eigenvalue weighted by atomic mass is 15.2. The molecule has 0 aromatic carbocycles. The standard InChI is InChI=1S/C12H15N5/c1-4-10-12(13-5-2)16-11(7-14-10)9-6-15-17(3)8-9/h4,6-8H,1,5H2,2-3H3,(H,13,16). The third-order valence-electron chi connectivity index (χ3n) is 2.34. The molecule has 2 aromatic rings. The Bertz CT molecular complexity index is 529. The average molecular weight is 229 g/mol. The molecule has 88 valence electrons. The number of nitrogens with one attached hydrogen (secondary N) is 1. The molecule has 0 atom stereocenters. The minimum Gasteiger partial charge on any atom is -0.369 e. The maximum atomic E-state index is 4.52. The van der Waals surface area contributed by atoms with Crippen LogP contribution in [-0.4, -0.2) is 26.3 Å². The molecule has 2 rings (SSSR count). The maximum Gasteiger partial charge on any atom is 0.152 e. The van der Waals surface area contributed by atoms with E-state index < -0.39 is 0 Å². The lowest BCUT2D eigenvalue weighted by Crippen LogP contribution is -2.03. The van der Waals surface area contributed by atoms with Crippen LogP contribution < -0.4 is 5.32 Å². The molecule has 0 aliphatic rings. The summed E-state index contributed by atoms with van der Waals surface area (Å²) in [6.07, 6.45) is 7.10. The van der Waals surface area contributed by atoms with Crippen LogP contribution in [-0.2, 0) is 7.05 Å². The molecule has 5 nitrogen and oxygen atoms in total. The second-order valence-corrected chi connectivity index (χ2v) is 3.63. The normalized spacial score (nSPS) is 10.2. The van der Waals surface area contributed by atoms with E-state index in [0.717, 1.165) is 29.3 Å². The molecular formula is C12H15N5. The van der Waals surface area contributed by atoms with E-state index in [-0.39, 0.29) is 0 Å². The summed E-state index contributed by atoms with van der Waals surface area (Å²) in [7, 11) is 1.88. The van der Waals surface area contributed by atoms with Gasteiger partial charge in [0.05, 0.1) is 18.1 Å². The van der Waals surface area contributed by atoms with Crippen LogP contribution in [0.3, 0.4) is 0 Å². The van der Waals surface area contributed by atoms with Crippen molar-refractivity contribution in [2.45, 2.75) is 6.92 Å². The van der Waals surface area contributed by atoms with Crippen molar-refractivity contribution in [3.63, 3.8) is 0 Å². The van der Waals surface area contributed by atoms with Crippen LogP contribution >= 0.6 is 0 Å². The zero-order valence-corrected chi connectivity index (χ0v) is 10.0.